The second kappa shape index (κ2) is 37.8. The maximum Gasteiger partial charge on any atom is 0.391 e. The molecule has 0 amide bonds. The molecule has 8 N–H and O–H groups in total. The molecule has 7 aliphatic rings. The largest absolute Gasteiger partial charge is 0.493 e. The molecule has 6 heterocycles. The van der Waals surface area contributed by atoms with Crippen molar-refractivity contribution in [2.45, 2.75) is 191 Å². The number of benzene rings is 1. The zero-order chi connectivity index (χ0) is 55.7. The number of ether oxygens (including phenoxy) is 4. The summed E-state index contributed by atoms with van der Waals surface area (Å²) in [4.78, 5) is 30.3. The minimum atomic E-state index is 0.371. The van der Waals surface area contributed by atoms with Crippen LogP contribution in [0.5, 0.6) is 5.75 Å². The Morgan fingerprint density at radius 2 is 1.10 bits per heavy atom. The Labute approximate surface area is 482 Å². The highest BCUT2D eigenvalue weighted by Gasteiger charge is 2.27. The lowest BCUT2D eigenvalue weighted by Crippen LogP contribution is -2.34. The molecule has 1 aromatic carbocycles. The number of hydrogen-bond acceptors (Lipinski definition) is 17. The number of aliphatic imine (C=N–C) groups is 1. The van der Waals surface area contributed by atoms with Gasteiger partial charge in [-0.3, -0.25) is 5.32 Å². The first-order chi connectivity index (χ1) is 39.3. The minimum Gasteiger partial charge on any atom is -0.493 e. The van der Waals surface area contributed by atoms with E-state index in [2.05, 4.69) is 67.2 Å². The summed E-state index contributed by atoms with van der Waals surface area (Å²) in [5.41, 5.74) is 12.4. The van der Waals surface area contributed by atoms with E-state index >= 15 is 0 Å². The molecule has 6 atom stereocenters. The molecule has 4 saturated heterocycles. The molecule has 4 aliphatic heterocycles. The zero-order valence-electron chi connectivity index (χ0n) is 49.4. The highest BCUT2D eigenvalue weighted by Crippen LogP contribution is 2.26. The number of nitrogen functional groups attached to an aromatic ring is 1. The van der Waals surface area contributed by atoms with Gasteiger partial charge in [0.1, 0.15) is 11.6 Å². The Morgan fingerprint density at radius 3 is 1.60 bits per heavy atom. The molecule has 0 spiro atoms. The topological polar surface area (TPSA) is 203 Å². The predicted molar refractivity (Wildman–Crippen MR) is 327 cm³/mol. The predicted octanol–water partition coefficient (Wildman–Crippen LogP) is 9.09. The van der Waals surface area contributed by atoms with E-state index in [1.165, 1.54) is 181 Å². The quantitative estimate of drug-likeness (QED) is 0.0289. The Balaban J connectivity index is 0.000000157. The van der Waals surface area contributed by atoms with Gasteiger partial charge >= 0.3 is 5.95 Å². The van der Waals surface area contributed by atoms with Crippen LogP contribution < -0.4 is 37.1 Å². The maximum atomic E-state index is 6.14. The van der Waals surface area contributed by atoms with Crippen molar-refractivity contribution >= 4 is 35.9 Å². The van der Waals surface area contributed by atoms with Gasteiger partial charge in [-0.15, -0.1) is 0 Å². The van der Waals surface area contributed by atoms with Crippen molar-refractivity contribution in [2.24, 2.45) is 10.7 Å². The number of nitrogens with one attached hydrogen (secondary N) is 4. The first kappa shape index (κ1) is 63.3. The molecule has 0 radical (unpaired) electrons. The third-order valence-electron chi connectivity index (χ3n) is 16.8. The van der Waals surface area contributed by atoms with E-state index in [-0.39, 0.29) is 0 Å². The van der Waals surface area contributed by atoms with Crippen LogP contribution in [-0.4, -0.2) is 190 Å². The van der Waals surface area contributed by atoms with E-state index in [1.54, 1.807) is 6.20 Å². The fraction of sp³-hybridized carbons (Fsp3) is 0.758. The maximum absolute atomic E-state index is 6.14. The van der Waals surface area contributed by atoms with Gasteiger partial charge in [-0.25, -0.2) is 15.0 Å². The van der Waals surface area contributed by atoms with E-state index in [0.717, 1.165) is 101 Å². The Bertz CT molecular complexity index is 2090. The number of H-pyrrole nitrogens is 1. The summed E-state index contributed by atoms with van der Waals surface area (Å²) in [7, 11) is 1.87. The molecular weight excluding hydrogens is 1000 g/mol. The van der Waals surface area contributed by atoms with E-state index in [4.69, 9.17) is 30.4 Å². The molecule has 3 aromatic rings. The van der Waals surface area contributed by atoms with Crippen molar-refractivity contribution in [2.75, 3.05) is 134 Å². The second-order valence-electron chi connectivity index (χ2n) is 23.4. The number of rotatable bonds is 26. The van der Waals surface area contributed by atoms with Gasteiger partial charge in [0.25, 0.3) is 0 Å². The van der Waals surface area contributed by atoms with Crippen LogP contribution >= 0.6 is 0 Å². The summed E-state index contributed by atoms with van der Waals surface area (Å²) in [5, 5.41) is 10.00. The number of likely N-dealkylation sites (tertiary alicyclic amines) is 4. The fourth-order valence-electron chi connectivity index (χ4n) is 12.4. The summed E-state index contributed by atoms with van der Waals surface area (Å²) >= 11 is 0. The van der Waals surface area contributed by atoms with E-state index in [1.807, 2.05) is 49.6 Å². The monoisotopic (exact) mass is 1110 g/mol. The third kappa shape index (κ3) is 25.5. The van der Waals surface area contributed by atoms with Crippen LogP contribution in [0.1, 0.15) is 154 Å². The molecule has 448 valence electrons. The van der Waals surface area contributed by atoms with Crippen molar-refractivity contribution in [3.8, 4) is 5.75 Å². The summed E-state index contributed by atoms with van der Waals surface area (Å²) in [6.07, 6.45) is 34.3. The van der Waals surface area contributed by atoms with Crippen LogP contribution in [0, 0.1) is 0 Å². The normalized spacial score (nSPS) is 24.6. The van der Waals surface area contributed by atoms with Gasteiger partial charge in [0.05, 0.1) is 37.2 Å². The number of nitrogens with zero attached hydrogens (tertiary/aromatic N) is 8. The number of nitrogens with two attached hydrogens (primary N) is 2. The average Bonchev–Trinajstić information content (AvgIpc) is 4.36. The number of aromatic nitrogens is 4. The molecule has 80 heavy (non-hydrogen) atoms. The minimum absolute atomic E-state index is 0.371. The first-order valence-electron chi connectivity index (χ1n) is 31.7. The van der Waals surface area contributed by atoms with Gasteiger partial charge < -0.3 is 60.6 Å². The van der Waals surface area contributed by atoms with Crippen molar-refractivity contribution < 1.29 is 23.9 Å². The van der Waals surface area contributed by atoms with Gasteiger partial charge in [-0.2, -0.15) is 4.98 Å². The summed E-state index contributed by atoms with van der Waals surface area (Å²) in [5.74, 6) is 3.84. The lowest BCUT2D eigenvalue weighted by molar-refractivity contribution is -0.365. The molecule has 0 bridgehead atoms. The van der Waals surface area contributed by atoms with Gasteiger partial charge in [-0.05, 0) is 225 Å². The molecular formula is C62H107N14O4+. The first-order valence-corrected chi connectivity index (χ1v) is 31.7. The second-order valence-corrected chi connectivity index (χ2v) is 23.4. The SMILES string of the molecule is C=Nc1cc[nH+]c(N[C@@H]2CCC[C@H](OCCCN3CCCC3)C2)n1.CNc1ccnc(N[C@H]2CCC[C@@H](OCCCN3CCCC3)C2)n1.NC1CCCC(OCCCN2CCCC2)C1.Nc1cccc(OCCCN2CCCC2)c1. The average molecular weight is 1110 g/mol. The molecule has 3 saturated carbocycles. The van der Waals surface area contributed by atoms with E-state index in [9.17, 15) is 0 Å². The van der Waals surface area contributed by atoms with E-state index in [0.29, 0.717) is 48.2 Å². The van der Waals surface area contributed by atoms with Gasteiger partial charge in [0.2, 0.25) is 11.8 Å². The molecule has 2 unspecified atom stereocenters. The van der Waals surface area contributed by atoms with Crippen LogP contribution in [0.25, 0.3) is 0 Å². The molecule has 2 aromatic heterocycles. The lowest BCUT2D eigenvalue weighted by atomic mass is 9.93. The fourth-order valence-corrected chi connectivity index (χ4v) is 12.4. The molecule has 7 fully saturated rings. The Hall–Kier alpha value is -4.27. The van der Waals surface area contributed by atoms with Crippen LogP contribution in [0.3, 0.4) is 0 Å². The Morgan fingerprint density at radius 1 is 0.600 bits per heavy atom. The number of hydrogen-bond donors (Lipinski definition) is 5. The number of anilines is 4. The summed E-state index contributed by atoms with van der Waals surface area (Å²) in [6, 6.07) is 12.5. The smallest absolute Gasteiger partial charge is 0.391 e. The van der Waals surface area contributed by atoms with Crippen LogP contribution in [0.4, 0.5) is 29.2 Å². The van der Waals surface area contributed by atoms with Crippen molar-refractivity contribution in [3.05, 3.63) is 48.8 Å². The van der Waals surface area contributed by atoms with Crippen molar-refractivity contribution in [3.63, 3.8) is 0 Å². The highest BCUT2D eigenvalue weighted by atomic mass is 16.5. The van der Waals surface area contributed by atoms with Crippen LogP contribution in [-0.2, 0) is 14.2 Å². The lowest BCUT2D eigenvalue weighted by Gasteiger charge is -2.30. The number of aromatic amines is 1. The molecule has 3 aliphatic carbocycles. The third-order valence-corrected chi connectivity index (χ3v) is 16.8. The summed E-state index contributed by atoms with van der Waals surface area (Å²) < 4.78 is 23.8. The zero-order valence-corrected chi connectivity index (χ0v) is 49.4. The van der Waals surface area contributed by atoms with Gasteiger partial charge in [0.15, 0.2) is 0 Å². The van der Waals surface area contributed by atoms with Gasteiger partial charge in [0, 0.05) is 95.6 Å². The van der Waals surface area contributed by atoms with E-state index < -0.39 is 0 Å². The standard InChI is InChI=1S/C18H31N5O.C18H29N5O.C13H26N2O.C13H20N2O/c2*1-19-17-8-9-20-18(22-17)21-15-6-4-7-16(14-15)24-13-5-12-23-10-2-3-11-23;2*14-12-5-3-6-13(11-12)16-10-4-9-15-7-1-2-8-15/h8-9,15-16H,2-7,10-14H2,1H3,(H2,19,20,21,22);8-9,15-16H,1-7,10-14H2,(H,20,21,22);12-13H,1-11,14H2;3,5-6,11H,1-2,4,7-10,14H2/p+1/t2*15-,16+;;/m01../s1. The van der Waals surface area contributed by atoms with Crippen LogP contribution in [0.2, 0.25) is 0 Å². The highest BCUT2D eigenvalue weighted by molar-refractivity contribution is 5.43. The molecule has 18 heteroatoms. The Kier molecular flexibility index (Phi) is 29.9. The summed E-state index contributed by atoms with van der Waals surface area (Å²) in [6.45, 7) is 22.0. The van der Waals surface area contributed by atoms with Gasteiger partial charge in [-0.1, -0.05) is 11.1 Å². The van der Waals surface area contributed by atoms with Crippen LogP contribution in [0.15, 0.2) is 53.8 Å². The molecule has 18 nitrogen and oxygen atoms in total. The van der Waals surface area contributed by atoms with Crippen molar-refractivity contribution in [1.82, 2.24) is 34.6 Å². The van der Waals surface area contributed by atoms with Crippen molar-refractivity contribution in [1.29, 1.82) is 0 Å². The molecule has 10 rings (SSSR count).